The Bertz CT molecular complexity index is 843. The lowest BCUT2D eigenvalue weighted by Gasteiger charge is -2.20. The van der Waals surface area contributed by atoms with Gasteiger partial charge < -0.3 is 16.2 Å². The van der Waals surface area contributed by atoms with Gasteiger partial charge in [0.2, 0.25) is 5.91 Å². The molecule has 1 aromatic heterocycles. The van der Waals surface area contributed by atoms with Crippen molar-refractivity contribution in [3.8, 4) is 5.75 Å². The van der Waals surface area contributed by atoms with E-state index in [0.717, 1.165) is 52.3 Å². The molecule has 0 radical (unpaired) electrons. The minimum atomic E-state index is -0.121. The Kier molecular flexibility index (Phi) is 9.59. The van der Waals surface area contributed by atoms with E-state index in [9.17, 15) is 9.90 Å². The number of benzene rings is 1. The van der Waals surface area contributed by atoms with Crippen LogP contribution in [0.25, 0.3) is 0 Å². The van der Waals surface area contributed by atoms with Crippen LogP contribution in [0.5, 0.6) is 5.75 Å². The van der Waals surface area contributed by atoms with Gasteiger partial charge in [0.15, 0.2) is 0 Å². The molecule has 1 amide bonds. The lowest BCUT2D eigenvalue weighted by Crippen LogP contribution is -2.32. The second-order valence-corrected chi connectivity index (χ2v) is 9.05. The first kappa shape index (κ1) is 23.8. The molecule has 0 aliphatic carbocycles. The van der Waals surface area contributed by atoms with Gasteiger partial charge in [0.25, 0.3) is 0 Å². The molecule has 0 spiro atoms. The second-order valence-electron chi connectivity index (χ2n) is 7.28. The molecule has 158 valence electrons. The molecule has 0 fully saturated rings. The summed E-state index contributed by atoms with van der Waals surface area (Å²) in [6.07, 6.45) is 6.28. The summed E-state index contributed by atoms with van der Waals surface area (Å²) in [4.78, 5) is 15.8. The number of phenols is 1. The molecular weight excluding hydrogens is 498 g/mol. The van der Waals surface area contributed by atoms with Gasteiger partial charge in [-0.15, -0.1) is 0 Å². The summed E-state index contributed by atoms with van der Waals surface area (Å²) in [6, 6.07) is 5.73. The quantitative estimate of drug-likeness (QED) is 0.427. The number of hydrogen-bond donors (Lipinski definition) is 3. The van der Waals surface area contributed by atoms with E-state index in [1.54, 1.807) is 6.07 Å². The van der Waals surface area contributed by atoms with Crippen LogP contribution in [0.15, 0.2) is 33.3 Å². The zero-order valence-electron chi connectivity index (χ0n) is 17.0. The Morgan fingerprint density at radius 3 is 2.66 bits per heavy atom. The maximum absolute atomic E-state index is 11.4. The molecule has 2 rings (SSSR count). The second kappa shape index (κ2) is 11.7. The molecule has 5 nitrogen and oxygen atoms in total. The smallest absolute Gasteiger partial charge is 0.233 e. The average molecular weight is 527 g/mol. The molecule has 0 aliphatic heterocycles. The summed E-state index contributed by atoms with van der Waals surface area (Å²) in [5, 5.41) is 13.0. The van der Waals surface area contributed by atoms with Crippen LogP contribution in [0.2, 0.25) is 0 Å². The van der Waals surface area contributed by atoms with Gasteiger partial charge in [0.05, 0.1) is 6.54 Å². The van der Waals surface area contributed by atoms with E-state index in [2.05, 4.69) is 55.2 Å². The van der Waals surface area contributed by atoms with Crippen molar-refractivity contribution in [1.82, 2.24) is 10.3 Å². The fraction of sp³-hybridized carbons (Fsp3) is 0.455. The zero-order valence-corrected chi connectivity index (χ0v) is 20.1. The van der Waals surface area contributed by atoms with Gasteiger partial charge in [0, 0.05) is 27.4 Å². The first-order valence-corrected chi connectivity index (χ1v) is 11.5. The van der Waals surface area contributed by atoms with Crippen LogP contribution in [0, 0.1) is 12.8 Å². The van der Waals surface area contributed by atoms with E-state index in [1.165, 1.54) is 11.1 Å². The standard InChI is InChI=1S/C22H29Br2N3O2/c1-3-15(6-7-26-22(29)12-25)8-20-17(10-19(28)11-21(20)24)5-4-16-9-18(23)13-27-14(16)2/h9-11,13,15,28H,3-8,12,25H2,1-2H3,(H,26,29)/t15-/m1/s1. The largest absolute Gasteiger partial charge is 0.508 e. The highest BCUT2D eigenvalue weighted by atomic mass is 79.9. The highest BCUT2D eigenvalue weighted by Gasteiger charge is 2.16. The van der Waals surface area contributed by atoms with E-state index >= 15 is 0 Å². The molecular formula is C22H29Br2N3O2. The minimum Gasteiger partial charge on any atom is -0.508 e. The Morgan fingerprint density at radius 2 is 1.97 bits per heavy atom. The normalized spacial score (nSPS) is 12.0. The van der Waals surface area contributed by atoms with Gasteiger partial charge in [-0.2, -0.15) is 0 Å². The monoisotopic (exact) mass is 525 g/mol. The van der Waals surface area contributed by atoms with Crippen molar-refractivity contribution >= 4 is 37.8 Å². The topological polar surface area (TPSA) is 88.2 Å². The number of carbonyl (C=O) groups is 1. The van der Waals surface area contributed by atoms with Crippen LogP contribution in [0.4, 0.5) is 0 Å². The molecule has 29 heavy (non-hydrogen) atoms. The Hall–Kier alpha value is -1.44. The van der Waals surface area contributed by atoms with Crippen molar-refractivity contribution in [1.29, 1.82) is 0 Å². The number of rotatable bonds is 10. The number of halogens is 2. The van der Waals surface area contributed by atoms with Crippen LogP contribution in [-0.4, -0.2) is 29.1 Å². The molecule has 0 saturated carbocycles. The molecule has 0 aliphatic rings. The first-order chi connectivity index (χ1) is 13.8. The van der Waals surface area contributed by atoms with E-state index in [4.69, 9.17) is 5.73 Å². The van der Waals surface area contributed by atoms with Crippen molar-refractivity contribution in [3.05, 3.63) is 55.7 Å². The third-order valence-electron chi connectivity index (χ3n) is 5.22. The van der Waals surface area contributed by atoms with Crippen LogP contribution in [0.1, 0.15) is 42.1 Å². The van der Waals surface area contributed by atoms with Crippen LogP contribution >= 0.6 is 31.9 Å². The Labute approximate surface area is 189 Å². The molecule has 0 bridgehead atoms. The number of aromatic hydroxyl groups is 1. The minimum absolute atomic E-state index is 0.0221. The van der Waals surface area contributed by atoms with E-state index in [1.807, 2.05) is 19.2 Å². The molecule has 1 aromatic carbocycles. The van der Waals surface area contributed by atoms with Gasteiger partial charge in [-0.3, -0.25) is 9.78 Å². The molecule has 7 heteroatoms. The summed E-state index contributed by atoms with van der Waals surface area (Å²) in [7, 11) is 0. The van der Waals surface area contributed by atoms with Crippen LogP contribution in [-0.2, 0) is 24.1 Å². The fourth-order valence-electron chi connectivity index (χ4n) is 3.43. The van der Waals surface area contributed by atoms with Crippen LogP contribution in [0.3, 0.4) is 0 Å². The van der Waals surface area contributed by atoms with E-state index in [0.29, 0.717) is 12.5 Å². The van der Waals surface area contributed by atoms with Gasteiger partial charge in [0.1, 0.15) is 5.75 Å². The maximum Gasteiger partial charge on any atom is 0.233 e. The summed E-state index contributed by atoms with van der Waals surface area (Å²) >= 11 is 7.14. The van der Waals surface area contributed by atoms with Gasteiger partial charge >= 0.3 is 0 Å². The van der Waals surface area contributed by atoms with Crippen LogP contribution < -0.4 is 11.1 Å². The van der Waals surface area contributed by atoms with Crippen molar-refractivity contribution in [3.63, 3.8) is 0 Å². The van der Waals surface area contributed by atoms with Gasteiger partial charge in [-0.1, -0.05) is 29.3 Å². The number of nitrogens with one attached hydrogen (secondary N) is 1. The highest BCUT2D eigenvalue weighted by molar-refractivity contribution is 9.10. The number of amides is 1. The lowest BCUT2D eigenvalue weighted by molar-refractivity contribution is -0.119. The molecule has 1 atom stereocenters. The number of nitrogens with zero attached hydrogens (tertiary/aromatic N) is 1. The Balaban J connectivity index is 2.14. The third kappa shape index (κ3) is 7.39. The summed E-state index contributed by atoms with van der Waals surface area (Å²) in [6.45, 7) is 4.83. The first-order valence-electron chi connectivity index (χ1n) is 9.92. The van der Waals surface area contributed by atoms with Crippen molar-refractivity contribution in [2.75, 3.05) is 13.1 Å². The molecule has 0 saturated heterocycles. The highest BCUT2D eigenvalue weighted by Crippen LogP contribution is 2.31. The number of aryl methyl sites for hydroxylation is 3. The van der Waals surface area contributed by atoms with E-state index < -0.39 is 0 Å². The van der Waals surface area contributed by atoms with Gasteiger partial charge in [-0.05, 0) is 89.3 Å². The molecule has 0 unspecified atom stereocenters. The van der Waals surface area contributed by atoms with Crippen molar-refractivity contribution in [2.24, 2.45) is 11.7 Å². The number of nitrogens with two attached hydrogens (primary N) is 1. The van der Waals surface area contributed by atoms with Gasteiger partial charge in [-0.25, -0.2) is 0 Å². The predicted octanol–water partition coefficient (Wildman–Crippen LogP) is 4.44. The summed E-state index contributed by atoms with van der Waals surface area (Å²) < 4.78 is 1.90. The van der Waals surface area contributed by atoms with Crippen molar-refractivity contribution in [2.45, 2.75) is 46.0 Å². The zero-order chi connectivity index (χ0) is 21.4. The molecule has 4 N–H and O–H groups in total. The Morgan fingerprint density at radius 1 is 1.24 bits per heavy atom. The predicted molar refractivity (Wildman–Crippen MR) is 124 cm³/mol. The average Bonchev–Trinajstić information content (AvgIpc) is 2.69. The number of carbonyl (C=O) groups excluding carboxylic acids is 1. The lowest BCUT2D eigenvalue weighted by atomic mass is 9.89. The fourth-order valence-corrected chi connectivity index (χ4v) is 4.46. The third-order valence-corrected chi connectivity index (χ3v) is 6.37. The maximum atomic E-state index is 11.4. The number of pyridine rings is 1. The molecule has 2 aromatic rings. The molecule has 1 heterocycles. The van der Waals surface area contributed by atoms with Crippen molar-refractivity contribution < 1.29 is 9.90 Å². The number of phenolic OH excluding ortho intramolecular Hbond substituents is 1. The number of aromatic nitrogens is 1. The number of hydrogen-bond acceptors (Lipinski definition) is 4. The van der Waals surface area contributed by atoms with E-state index in [-0.39, 0.29) is 18.2 Å². The summed E-state index contributed by atoms with van der Waals surface area (Å²) in [5.74, 6) is 0.578. The SMILES string of the molecule is CC[C@H](CCNC(=O)CN)Cc1c(Br)cc(O)cc1CCc1cc(Br)cnc1C. The summed E-state index contributed by atoms with van der Waals surface area (Å²) in [5.41, 5.74) is 9.93.